The van der Waals surface area contributed by atoms with Gasteiger partial charge in [-0.15, -0.1) is 0 Å². The first-order valence-corrected chi connectivity index (χ1v) is 6.97. The third-order valence-electron chi connectivity index (χ3n) is 4.43. The van der Waals surface area contributed by atoms with E-state index in [1.165, 1.54) is 0 Å². The highest BCUT2D eigenvalue weighted by molar-refractivity contribution is 6.00. The number of benzene rings is 1. The standard InChI is InChI=1S/C15H21N3O/c1-9-2-5-14(13(6-9)15(16)17)18-10-3-4-11(18)8-12(19)7-10/h2,5-6,10-12,19H,3-4,7-8H2,1H3,(H3,16,17). The number of fused-ring (bicyclic) bond motifs is 2. The van der Waals surface area contributed by atoms with Crippen molar-refractivity contribution in [3.8, 4) is 0 Å². The van der Waals surface area contributed by atoms with Gasteiger partial charge < -0.3 is 15.7 Å². The molecule has 19 heavy (non-hydrogen) atoms. The molecule has 0 spiro atoms. The Hall–Kier alpha value is -1.55. The van der Waals surface area contributed by atoms with Gasteiger partial charge in [0.05, 0.1) is 6.10 Å². The third kappa shape index (κ3) is 2.10. The monoisotopic (exact) mass is 259 g/mol. The number of nitrogen functional groups attached to an aromatic ring is 1. The van der Waals surface area contributed by atoms with Crippen LogP contribution in [0, 0.1) is 12.3 Å². The summed E-state index contributed by atoms with van der Waals surface area (Å²) in [4.78, 5) is 2.39. The van der Waals surface area contributed by atoms with Crippen LogP contribution in [0.2, 0.25) is 0 Å². The Labute approximate surface area is 113 Å². The number of piperidine rings is 1. The van der Waals surface area contributed by atoms with E-state index in [1.807, 2.05) is 13.0 Å². The Morgan fingerprint density at radius 2 is 1.95 bits per heavy atom. The Kier molecular flexibility index (Phi) is 2.97. The topological polar surface area (TPSA) is 73.3 Å². The van der Waals surface area contributed by atoms with Crippen LogP contribution < -0.4 is 10.6 Å². The second kappa shape index (κ2) is 4.53. The fourth-order valence-corrected chi connectivity index (χ4v) is 3.63. The van der Waals surface area contributed by atoms with Crippen LogP contribution in [0.3, 0.4) is 0 Å². The highest BCUT2D eigenvalue weighted by atomic mass is 16.3. The van der Waals surface area contributed by atoms with Gasteiger partial charge in [-0.2, -0.15) is 0 Å². The summed E-state index contributed by atoms with van der Waals surface area (Å²) in [6, 6.07) is 6.94. The molecular weight excluding hydrogens is 238 g/mol. The van der Waals surface area contributed by atoms with Crippen LogP contribution in [-0.4, -0.2) is 29.1 Å². The number of nitrogens with zero attached hydrogens (tertiary/aromatic N) is 1. The minimum atomic E-state index is -0.167. The minimum Gasteiger partial charge on any atom is -0.393 e. The molecule has 2 aliphatic rings. The maximum absolute atomic E-state index is 9.88. The lowest BCUT2D eigenvalue weighted by Crippen LogP contribution is -2.45. The summed E-state index contributed by atoms with van der Waals surface area (Å²) >= 11 is 0. The average molecular weight is 259 g/mol. The highest BCUT2D eigenvalue weighted by Gasteiger charge is 2.41. The van der Waals surface area contributed by atoms with Crippen molar-refractivity contribution < 1.29 is 5.11 Å². The molecule has 2 aliphatic heterocycles. The molecule has 2 unspecified atom stereocenters. The van der Waals surface area contributed by atoms with Gasteiger partial charge in [-0.3, -0.25) is 5.41 Å². The van der Waals surface area contributed by atoms with Gasteiger partial charge in [0.15, 0.2) is 0 Å². The zero-order valence-electron chi connectivity index (χ0n) is 11.3. The third-order valence-corrected chi connectivity index (χ3v) is 4.43. The first-order valence-electron chi connectivity index (χ1n) is 6.97. The molecule has 2 heterocycles. The van der Waals surface area contributed by atoms with E-state index in [9.17, 15) is 5.11 Å². The van der Waals surface area contributed by atoms with Gasteiger partial charge >= 0.3 is 0 Å². The molecule has 2 fully saturated rings. The molecule has 2 bridgehead atoms. The molecule has 0 aromatic heterocycles. The number of nitrogens with two attached hydrogens (primary N) is 1. The van der Waals surface area contributed by atoms with Gasteiger partial charge in [-0.05, 0) is 44.7 Å². The van der Waals surface area contributed by atoms with Crippen LogP contribution in [0.25, 0.3) is 0 Å². The summed E-state index contributed by atoms with van der Waals surface area (Å²) in [6.07, 6.45) is 3.77. The number of aliphatic hydroxyl groups excluding tert-OH is 1. The van der Waals surface area contributed by atoms with Crippen molar-refractivity contribution in [2.24, 2.45) is 5.73 Å². The molecule has 2 atom stereocenters. The van der Waals surface area contributed by atoms with Gasteiger partial charge in [0.2, 0.25) is 0 Å². The van der Waals surface area contributed by atoms with Gasteiger partial charge in [0, 0.05) is 23.3 Å². The average Bonchev–Trinajstić information content (AvgIpc) is 2.62. The zero-order valence-corrected chi connectivity index (χ0v) is 11.3. The van der Waals surface area contributed by atoms with Crippen molar-refractivity contribution in [1.82, 2.24) is 0 Å². The lowest BCUT2D eigenvalue weighted by atomic mass is 9.97. The lowest BCUT2D eigenvalue weighted by Gasteiger charge is -2.40. The molecule has 3 rings (SSSR count). The second-order valence-electron chi connectivity index (χ2n) is 5.85. The van der Waals surface area contributed by atoms with E-state index < -0.39 is 0 Å². The summed E-state index contributed by atoms with van der Waals surface area (Å²) in [5.74, 6) is 0.129. The van der Waals surface area contributed by atoms with Crippen molar-refractivity contribution in [2.45, 2.75) is 50.8 Å². The predicted octanol–water partition coefficient (Wildman–Crippen LogP) is 1.77. The van der Waals surface area contributed by atoms with E-state index in [1.54, 1.807) is 0 Å². The van der Waals surface area contributed by atoms with Crippen molar-refractivity contribution >= 4 is 11.5 Å². The van der Waals surface area contributed by atoms with Crippen molar-refractivity contribution in [3.05, 3.63) is 29.3 Å². The van der Waals surface area contributed by atoms with Crippen LogP contribution in [0.15, 0.2) is 18.2 Å². The number of nitrogens with one attached hydrogen (secondary N) is 1. The zero-order chi connectivity index (χ0) is 13.6. The Morgan fingerprint density at radius 1 is 1.32 bits per heavy atom. The largest absolute Gasteiger partial charge is 0.393 e. The number of aliphatic hydroxyl groups is 1. The smallest absolute Gasteiger partial charge is 0.124 e. The summed E-state index contributed by atoms with van der Waals surface area (Å²) < 4.78 is 0. The van der Waals surface area contributed by atoms with E-state index in [0.717, 1.165) is 42.5 Å². The molecule has 0 radical (unpaired) electrons. The van der Waals surface area contributed by atoms with E-state index in [0.29, 0.717) is 12.1 Å². The molecule has 0 aliphatic carbocycles. The quantitative estimate of drug-likeness (QED) is 0.560. The van der Waals surface area contributed by atoms with Gasteiger partial charge in [-0.25, -0.2) is 0 Å². The Morgan fingerprint density at radius 3 is 2.53 bits per heavy atom. The summed E-state index contributed by atoms with van der Waals surface area (Å²) in [5, 5.41) is 17.7. The highest BCUT2D eigenvalue weighted by Crippen LogP contribution is 2.40. The second-order valence-corrected chi connectivity index (χ2v) is 5.85. The Bertz CT molecular complexity index is 500. The van der Waals surface area contributed by atoms with E-state index in [2.05, 4.69) is 17.0 Å². The number of rotatable bonds is 2. The normalized spacial score (nSPS) is 29.6. The van der Waals surface area contributed by atoms with Crippen molar-refractivity contribution in [2.75, 3.05) is 4.90 Å². The van der Waals surface area contributed by atoms with Gasteiger partial charge in [0.1, 0.15) is 5.84 Å². The maximum Gasteiger partial charge on any atom is 0.124 e. The first-order chi connectivity index (χ1) is 9.06. The molecule has 4 heteroatoms. The lowest BCUT2D eigenvalue weighted by molar-refractivity contribution is 0.126. The number of hydrogen-bond acceptors (Lipinski definition) is 3. The minimum absolute atomic E-state index is 0.129. The van der Waals surface area contributed by atoms with Crippen molar-refractivity contribution in [1.29, 1.82) is 5.41 Å². The van der Waals surface area contributed by atoms with E-state index >= 15 is 0 Å². The van der Waals surface area contributed by atoms with E-state index in [4.69, 9.17) is 11.1 Å². The molecule has 4 N–H and O–H groups in total. The SMILES string of the molecule is Cc1ccc(N2C3CCC2CC(O)C3)c(C(=N)N)c1. The predicted molar refractivity (Wildman–Crippen MR) is 76.7 cm³/mol. The summed E-state index contributed by atoms with van der Waals surface area (Å²) in [7, 11) is 0. The molecule has 0 saturated carbocycles. The Balaban J connectivity index is 2.01. The van der Waals surface area contributed by atoms with Gasteiger partial charge in [0.25, 0.3) is 0 Å². The van der Waals surface area contributed by atoms with Crippen LogP contribution in [0.5, 0.6) is 0 Å². The molecular formula is C15H21N3O. The molecule has 4 nitrogen and oxygen atoms in total. The summed E-state index contributed by atoms with van der Waals surface area (Å²) in [5.41, 5.74) is 8.75. The fourth-order valence-electron chi connectivity index (χ4n) is 3.63. The van der Waals surface area contributed by atoms with Gasteiger partial charge in [-0.1, -0.05) is 11.6 Å². The molecule has 1 aromatic carbocycles. The summed E-state index contributed by atoms with van der Waals surface area (Å²) in [6.45, 7) is 2.02. The van der Waals surface area contributed by atoms with Crippen LogP contribution in [0.1, 0.15) is 36.8 Å². The number of hydrogen-bond donors (Lipinski definition) is 3. The maximum atomic E-state index is 9.88. The van der Waals surface area contributed by atoms with Crippen LogP contribution in [-0.2, 0) is 0 Å². The fraction of sp³-hybridized carbons (Fsp3) is 0.533. The van der Waals surface area contributed by atoms with Crippen molar-refractivity contribution in [3.63, 3.8) is 0 Å². The van der Waals surface area contributed by atoms with E-state index in [-0.39, 0.29) is 11.9 Å². The van der Waals surface area contributed by atoms with Crippen LogP contribution in [0.4, 0.5) is 5.69 Å². The molecule has 2 saturated heterocycles. The number of anilines is 1. The number of amidine groups is 1. The first kappa shape index (κ1) is 12.5. The number of aryl methyl sites for hydroxylation is 1. The molecule has 102 valence electrons. The van der Waals surface area contributed by atoms with Crippen LogP contribution >= 0.6 is 0 Å². The molecule has 0 amide bonds. The molecule has 1 aromatic rings.